The molecule has 1 aliphatic rings. The number of anilines is 1. The van der Waals surface area contributed by atoms with E-state index in [0.29, 0.717) is 5.15 Å². The molecule has 1 aliphatic carbocycles. The zero-order valence-electron chi connectivity index (χ0n) is 11.1. The first-order valence-corrected chi connectivity index (χ1v) is 6.78. The maximum atomic E-state index is 9.50. The van der Waals surface area contributed by atoms with Crippen molar-refractivity contribution in [2.45, 2.75) is 51.5 Å². The normalized spacial score (nSPS) is 17.7. The Morgan fingerprint density at radius 2 is 2.06 bits per heavy atom. The molecule has 1 fully saturated rings. The van der Waals surface area contributed by atoms with Gasteiger partial charge in [-0.15, -0.1) is 0 Å². The molecule has 2 N–H and O–H groups in total. The van der Waals surface area contributed by atoms with Crippen molar-refractivity contribution in [2.75, 3.05) is 11.9 Å². The molecule has 2 rings (SSSR count). The van der Waals surface area contributed by atoms with Crippen LogP contribution in [-0.2, 0) is 0 Å². The van der Waals surface area contributed by atoms with Gasteiger partial charge in [-0.1, -0.05) is 25.4 Å². The van der Waals surface area contributed by atoms with Gasteiger partial charge in [-0.05, 0) is 26.2 Å². The van der Waals surface area contributed by atoms with Crippen LogP contribution < -0.4 is 5.32 Å². The van der Waals surface area contributed by atoms with Crippen molar-refractivity contribution >= 4 is 17.4 Å². The van der Waals surface area contributed by atoms with Crippen molar-refractivity contribution < 1.29 is 5.11 Å². The average Bonchev–Trinajstić information content (AvgIpc) is 2.28. The van der Waals surface area contributed by atoms with Crippen LogP contribution in [-0.4, -0.2) is 27.2 Å². The topological polar surface area (TPSA) is 58.0 Å². The van der Waals surface area contributed by atoms with Crippen LogP contribution in [0.5, 0.6) is 0 Å². The zero-order chi connectivity index (χ0) is 13.3. The zero-order valence-corrected chi connectivity index (χ0v) is 11.9. The number of aromatic nitrogens is 2. The molecule has 0 aromatic carbocycles. The third-order valence-corrected chi connectivity index (χ3v) is 3.98. The smallest absolute Gasteiger partial charge is 0.137 e. The van der Waals surface area contributed by atoms with E-state index < -0.39 is 0 Å². The molecule has 1 aromatic rings. The molecule has 0 atom stereocenters. The van der Waals surface area contributed by atoms with Crippen LogP contribution in [0.15, 0.2) is 0 Å². The number of hydrogen-bond acceptors (Lipinski definition) is 4. The molecular formula is C13H20ClN3O. The first-order valence-electron chi connectivity index (χ1n) is 6.40. The lowest BCUT2D eigenvalue weighted by molar-refractivity contribution is 0.143. The van der Waals surface area contributed by atoms with Crippen LogP contribution in [0.3, 0.4) is 0 Å². The number of aliphatic hydroxyl groups excluding tert-OH is 1. The van der Waals surface area contributed by atoms with Gasteiger partial charge >= 0.3 is 0 Å². The fourth-order valence-electron chi connectivity index (χ4n) is 2.06. The average molecular weight is 270 g/mol. The Bertz CT molecular complexity index is 439. The summed E-state index contributed by atoms with van der Waals surface area (Å²) in [5, 5.41) is 13.3. The van der Waals surface area contributed by atoms with E-state index in [0.717, 1.165) is 36.5 Å². The Kier molecular flexibility index (Phi) is 3.78. The number of rotatable bonds is 4. The second-order valence-electron chi connectivity index (χ2n) is 5.42. The summed E-state index contributed by atoms with van der Waals surface area (Å²) in [6, 6.07) is 0. The van der Waals surface area contributed by atoms with Crippen LogP contribution in [0.4, 0.5) is 5.82 Å². The number of halogens is 1. The van der Waals surface area contributed by atoms with Crippen LogP contribution >= 0.6 is 11.6 Å². The van der Waals surface area contributed by atoms with Gasteiger partial charge in [0, 0.05) is 11.5 Å². The van der Waals surface area contributed by atoms with Gasteiger partial charge in [-0.25, -0.2) is 9.97 Å². The predicted octanol–water partition coefficient (Wildman–Crippen LogP) is 2.89. The molecule has 18 heavy (non-hydrogen) atoms. The fraction of sp³-hybridized carbons (Fsp3) is 0.692. The summed E-state index contributed by atoms with van der Waals surface area (Å²) in [4.78, 5) is 8.81. The minimum Gasteiger partial charge on any atom is -0.394 e. The highest BCUT2D eigenvalue weighted by Gasteiger charge is 2.37. The Balaban J connectivity index is 2.31. The maximum Gasteiger partial charge on any atom is 0.137 e. The monoisotopic (exact) mass is 269 g/mol. The lowest BCUT2D eigenvalue weighted by Gasteiger charge is -2.41. The number of hydrogen-bond donors (Lipinski definition) is 2. The number of aliphatic hydroxyl groups is 1. The van der Waals surface area contributed by atoms with Crippen molar-refractivity contribution in [3.8, 4) is 0 Å². The molecule has 0 radical (unpaired) electrons. The highest BCUT2D eigenvalue weighted by atomic mass is 35.5. The molecule has 1 saturated carbocycles. The van der Waals surface area contributed by atoms with Gasteiger partial charge < -0.3 is 10.4 Å². The first-order chi connectivity index (χ1) is 8.47. The Hall–Kier alpha value is -0.870. The molecular weight excluding hydrogens is 250 g/mol. The lowest BCUT2D eigenvalue weighted by atomic mass is 9.77. The van der Waals surface area contributed by atoms with Crippen molar-refractivity contribution in [3.05, 3.63) is 16.5 Å². The largest absolute Gasteiger partial charge is 0.394 e. The predicted molar refractivity (Wildman–Crippen MR) is 73.2 cm³/mol. The van der Waals surface area contributed by atoms with Crippen molar-refractivity contribution in [2.24, 2.45) is 0 Å². The summed E-state index contributed by atoms with van der Waals surface area (Å²) >= 11 is 6.14. The molecule has 1 aromatic heterocycles. The second-order valence-corrected chi connectivity index (χ2v) is 5.78. The van der Waals surface area contributed by atoms with Gasteiger partial charge in [0.05, 0.1) is 12.1 Å². The van der Waals surface area contributed by atoms with Gasteiger partial charge in [0.1, 0.15) is 16.8 Å². The van der Waals surface area contributed by atoms with E-state index in [1.807, 2.05) is 20.8 Å². The van der Waals surface area contributed by atoms with Gasteiger partial charge in [-0.2, -0.15) is 0 Å². The van der Waals surface area contributed by atoms with Crippen molar-refractivity contribution in [1.29, 1.82) is 0 Å². The van der Waals surface area contributed by atoms with Crippen LogP contribution in [0, 0.1) is 6.92 Å². The third kappa shape index (κ3) is 2.45. The number of nitrogens with one attached hydrogen (secondary N) is 1. The van der Waals surface area contributed by atoms with Gasteiger partial charge in [-0.3, -0.25) is 0 Å². The third-order valence-electron chi connectivity index (χ3n) is 3.62. The van der Waals surface area contributed by atoms with Crippen molar-refractivity contribution in [1.82, 2.24) is 9.97 Å². The van der Waals surface area contributed by atoms with Crippen LogP contribution in [0.25, 0.3) is 0 Å². The molecule has 0 aliphatic heterocycles. The molecule has 0 bridgehead atoms. The SMILES string of the molecule is Cc1c(Cl)nc(C(C)C)nc1NC1(CO)CCC1. The quantitative estimate of drug-likeness (QED) is 0.826. The molecule has 0 saturated heterocycles. The van der Waals surface area contributed by atoms with Crippen molar-refractivity contribution in [3.63, 3.8) is 0 Å². The van der Waals surface area contributed by atoms with Crippen LogP contribution in [0.1, 0.15) is 50.4 Å². The molecule has 100 valence electrons. The van der Waals surface area contributed by atoms with Gasteiger partial charge in [0.15, 0.2) is 0 Å². The molecule has 4 nitrogen and oxygen atoms in total. The minimum absolute atomic E-state index is 0.130. The summed E-state index contributed by atoms with van der Waals surface area (Å²) in [5.74, 6) is 1.73. The Labute approximate surface area is 113 Å². The Morgan fingerprint density at radius 3 is 2.50 bits per heavy atom. The molecule has 1 heterocycles. The van der Waals surface area contributed by atoms with E-state index in [2.05, 4.69) is 15.3 Å². The van der Waals surface area contributed by atoms with Crippen LogP contribution in [0.2, 0.25) is 5.15 Å². The standard InChI is InChI=1S/C13H20ClN3O/c1-8(2)11-15-10(14)9(3)12(16-11)17-13(7-18)5-4-6-13/h8,18H,4-7H2,1-3H3,(H,15,16,17). The highest BCUT2D eigenvalue weighted by molar-refractivity contribution is 6.30. The van der Waals surface area contributed by atoms with E-state index in [1.54, 1.807) is 0 Å². The highest BCUT2D eigenvalue weighted by Crippen LogP contribution is 2.36. The molecule has 0 spiro atoms. The summed E-state index contributed by atoms with van der Waals surface area (Å²) in [6.45, 7) is 6.11. The first kappa shape index (κ1) is 13.6. The summed E-state index contributed by atoms with van der Waals surface area (Å²) < 4.78 is 0. The van der Waals surface area contributed by atoms with Gasteiger partial charge in [0.25, 0.3) is 0 Å². The van der Waals surface area contributed by atoms with Gasteiger partial charge in [0.2, 0.25) is 0 Å². The Morgan fingerprint density at radius 1 is 1.39 bits per heavy atom. The summed E-state index contributed by atoms with van der Waals surface area (Å²) in [5.41, 5.74) is 0.636. The molecule has 0 unspecified atom stereocenters. The minimum atomic E-state index is -0.212. The fourth-order valence-corrected chi connectivity index (χ4v) is 2.24. The van der Waals surface area contributed by atoms with E-state index in [1.165, 1.54) is 0 Å². The second kappa shape index (κ2) is 5.02. The maximum absolute atomic E-state index is 9.50. The van der Waals surface area contributed by atoms with E-state index >= 15 is 0 Å². The molecule has 5 heteroatoms. The lowest BCUT2D eigenvalue weighted by Crippen LogP contribution is -2.48. The number of nitrogens with zero attached hydrogens (tertiary/aromatic N) is 2. The van der Waals surface area contributed by atoms with E-state index in [4.69, 9.17) is 11.6 Å². The summed E-state index contributed by atoms with van der Waals surface area (Å²) in [7, 11) is 0. The molecule has 0 amide bonds. The summed E-state index contributed by atoms with van der Waals surface area (Å²) in [6.07, 6.45) is 3.09. The van der Waals surface area contributed by atoms with E-state index in [-0.39, 0.29) is 18.1 Å². The van der Waals surface area contributed by atoms with E-state index in [9.17, 15) is 5.11 Å².